The Hall–Kier alpha value is -3.35. The fraction of sp³-hybridized carbons (Fsp3) is 0.118. The highest BCUT2D eigenvalue weighted by Gasteiger charge is 2.19. The molecule has 7 nitrogen and oxygen atoms in total. The van der Waals surface area contributed by atoms with E-state index < -0.39 is 16.4 Å². The Labute approximate surface area is 137 Å². The van der Waals surface area contributed by atoms with Crippen LogP contribution >= 0.6 is 0 Å². The number of carbonyl (C=O) groups excluding carboxylic acids is 1. The minimum Gasteiger partial charge on any atom is -0.500 e. The highest BCUT2D eigenvalue weighted by molar-refractivity contribution is 6.06. The van der Waals surface area contributed by atoms with E-state index in [0.29, 0.717) is 16.9 Å². The van der Waals surface area contributed by atoms with Gasteiger partial charge in [-0.3, -0.25) is 14.9 Å². The first-order valence-corrected chi connectivity index (χ1v) is 6.88. The van der Waals surface area contributed by atoms with Crippen molar-refractivity contribution in [1.82, 2.24) is 0 Å². The van der Waals surface area contributed by atoms with Crippen molar-refractivity contribution in [2.45, 2.75) is 0 Å². The van der Waals surface area contributed by atoms with Gasteiger partial charge in [0, 0.05) is 11.6 Å². The number of aromatic hydroxyl groups is 1. The Bertz CT molecular complexity index is 795. The number of hydrogen-bond donors (Lipinski definition) is 1. The fourth-order valence-electron chi connectivity index (χ4n) is 2.03. The number of carbonyl (C=O) groups is 1. The van der Waals surface area contributed by atoms with Crippen LogP contribution in [0.2, 0.25) is 0 Å². The number of phenols is 1. The quantitative estimate of drug-likeness (QED) is 0.378. The summed E-state index contributed by atoms with van der Waals surface area (Å²) >= 11 is 0. The van der Waals surface area contributed by atoms with E-state index in [2.05, 4.69) is 0 Å². The summed E-state index contributed by atoms with van der Waals surface area (Å²) in [6.45, 7) is 0. The Morgan fingerprint density at radius 3 is 2.38 bits per heavy atom. The molecule has 0 atom stereocenters. The lowest BCUT2D eigenvalue weighted by molar-refractivity contribution is -0.386. The summed E-state index contributed by atoms with van der Waals surface area (Å²) in [6, 6.07) is 9.12. The monoisotopic (exact) mass is 329 g/mol. The minimum atomic E-state index is -0.722. The van der Waals surface area contributed by atoms with E-state index >= 15 is 0 Å². The normalized spacial score (nSPS) is 10.6. The highest BCUT2D eigenvalue weighted by Crippen LogP contribution is 2.37. The predicted molar refractivity (Wildman–Crippen MR) is 87.7 cm³/mol. The Morgan fingerprint density at radius 1 is 1.17 bits per heavy atom. The third-order valence-electron chi connectivity index (χ3n) is 3.30. The van der Waals surface area contributed by atoms with Crippen molar-refractivity contribution in [2.24, 2.45) is 0 Å². The molecule has 0 radical (unpaired) electrons. The number of rotatable bonds is 6. The summed E-state index contributed by atoms with van der Waals surface area (Å²) in [5.41, 5.74) is 0.316. The number of hydrogen-bond acceptors (Lipinski definition) is 6. The zero-order chi connectivity index (χ0) is 17.7. The van der Waals surface area contributed by atoms with E-state index in [-0.39, 0.29) is 11.5 Å². The molecule has 24 heavy (non-hydrogen) atoms. The van der Waals surface area contributed by atoms with Crippen molar-refractivity contribution in [3.63, 3.8) is 0 Å². The van der Waals surface area contributed by atoms with Crippen LogP contribution in [0.1, 0.15) is 15.9 Å². The number of benzene rings is 2. The topological polar surface area (TPSA) is 98.9 Å². The van der Waals surface area contributed by atoms with Gasteiger partial charge in [-0.2, -0.15) is 0 Å². The van der Waals surface area contributed by atoms with E-state index in [9.17, 15) is 20.0 Å². The molecule has 2 rings (SSSR count). The average Bonchev–Trinajstić information content (AvgIpc) is 2.60. The first-order valence-electron chi connectivity index (χ1n) is 6.88. The Kier molecular flexibility index (Phi) is 5.16. The maximum atomic E-state index is 12.1. The lowest BCUT2D eigenvalue weighted by Gasteiger charge is -2.05. The summed E-state index contributed by atoms with van der Waals surface area (Å²) in [4.78, 5) is 22.3. The average molecular weight is 329 g/mol. The minimum absolute atomic E-state index is 0.0410. The molecular formula is C17H15NO6. The first-order chi connectivity index (χ1) is 11.5. The van der Waals surface area contributed by atoms with Crippen molar-refractivity contribution in [3.05, 3.63) is 63.7 Å². The second kappa shape index (κ2) is 7.28. The van der Waals surface area contributed by atoms with E-state index in [1.165, 1.54) is 32.4 Å². The summed E-state index contributed by atoms with van der Waals surface area (Å²) in [7, 11) is 2.82. The molecule has 0 aliphatic carbocycles. The summed E-state index contributed by atoms with van der Waals surface area (Å²) in [5.74, 6) is -0.233. The molecule has 124 valence electrons. The standard InChI is InChI=1S/C17H15NO6/c1-23-13-6-4-12(5-7-13)15(19)8-3-11-9-14(18(21)22)17(20)16(10-11)24-2/h3-10,20H,1-2H3/b8-3+. The Balaban J connectivity index is 2.28. The van der Waals surface area contributed by atoms with E-state index in [1.807, 2.05) is 0 Å². The van der Waals surface area contributed by atoms with Crippen molar-refractivity contribution in [3.8, 4) is 17.2 Å². The zero-order valence-electron chi connectivity index (χ0n) is 13.1. The molecule has 0 fully saturated rings. The SMILES string of the molecule is COc1ccc(C(=O)/C=C/c2cc(OC)c(O)c([N+](=O)[O-])c2)cc1. The molecule has 0 unspecified atom stereocenters. The first kappa shape index (κ1) is 17.0. The van der Waals surface area contributed by atoms with Crippen LogP contribution in [0.15, 0.2) is 42.5 Å². The lowest BCUT2D eigenvalue weighted by Crippen LogP contribution is -1.95. The van der Waals surface area contributed by atoms with E-state index in [4.69, 9.17) is 9.47 Å². The van der Waals surface area contributed by atoms with Gasteiger partial charge in [0.05, 0.1) is 19.1 Å². The molecule has 1 N–H and O–H groups in total. The van der Waals surface area contributed by atoms with Gasteiger partial charge in [-0.25, -0.2) is 0 Å². The van der Waals surface area contributed by atoms with Crippen LogP contribution in [0.4, 0.5) is 5.69 Å². The molecule has 2 aromatic carbocycles. The molecule has 0 bridgehead atoms. The lowest BCUT2D eigenvalue weighted by atomic mass is 10.1. The molecule has 0 heterocycles. The largest absolute Gasteiger partial charge is 0.500 e. The van der Waals surface area contributed by atoms with Gasteiger partial charge >= 0.3 is 5.69 Å². The van der Waals surface area contributed by atoms with Crippen molar-refractivity contribution < 1.29 is 24.3 Å². The van der Waals surface area contributed by atoms with E-state index in [0.717, 1.165) is 6.07 Å². The molecule has 0 aliphatic rings. The maximum Gasteiger partial charge on any atom is 0.315 e. The number of nitro benzene ring substituents is 1. The summed E-state index contributed by atoms with van der Waals surface area (Å²) < 4.78 is 9.93. The van der Waals surface area contributed by atoms with Crippen LogP contribution in [-0.4, -0.2) is 30.0 Å². The molecule has 7 heteroatoms. The number of ether oxygens (including phenoxy) is 2. The summed E-state index contributed by atoms with van der Waals surface area (Å²) in [6.07, 6.45) is 2.71. The van der Waals surface area contributed by atoms with Gasteiger partial charge < -0.3 is 14.6 Å². The second-order valence-electron chi connectivity index (χ2n) is 4.77. The van der Waals surface area contributed by atoms with Crippen LogP contribution in [0.5, 0.6) is 17.2 Å². The predicted octanol–water partition coefficient (Wildman–Crippen LogP) is 3.21. The van der Waals surface area contributed by atoms with Crippen LogP contribution in [0, 0.1) is 10.1 Å². The number of methoxy groups -OCH3 is 2. The van der Waals surface area contributed by atoms with Gasteiger partial charge in [-0.1, -0.05) is 6.08 Å². The number of ketones is 1. The second-order valence-corrected chi connectivity index (χ2v) is 4.77. The van der Waals surface area contributed by atoms with Crippen molar-refractivity contribution in [1.29, 1.82) is 0 Å². The van der Waals surface area contributed by atoms with Gasteiger partial charge in [0.25, 0.3) is 0 Å². The van der Waals surface area contributed by atoms with Gasteiger partial charge in [-0.05, 0) is 42.0 Å². The van der Waals surface area contributed by atoms with Gasteiger partial charge in [-0.15, -0.1) is 0 Å². The van der Waals surface area contributed by atoms with Crippen molar-refractivity contribution in [2.75, 3.05) is 14.2 Å². The molecular weight excluding hydrogens is 314 g/mol. The summed E-state index contributed by atoms with van der Waals surface area (Å²) in [5, 5.41) is 20.7. The Morgan fingerprint density at radius 2 is 1.83 bits per heavy atom. The van der Waals surface area contributed by atoms with Gasteiger partial charge in [0.1, 0.15) is 5.75 Å². The molecule has 0 amide bonds. The molecule has 0 saturated heterocycles. The fourth-order valence-corrected chi connectivity index (χ4v) is 2.03. The smallest absolute Gasteiger partial charge is 0.315 e. The number of allylic oxidation sites excluding steroid dienone is 1. The third-order valence-corrected chi connectivity index (χ3v) is 3.30. The highest BCUT2D eigenvalue weighted by atomic mass is 16.6. The number of nitrogens with zero attached hydrogens (tertiary/aromatic N) is 1. The molecule has 0 aliphatic heterocycles. The van der Waals surface area contributed by atoms with Crippen LogP contribution < -0.4 is 9.47 Å². The number of phenolic OH excluding ortho intramolecular Hbond substituents is 1. The van der Waals surface area contributed by atoms with Crippen LogP contribution in [0.25, 0.3) is 6.08 Å². The third kappa shape index (κ3) is 3.70. The maximum absolute atomic E-state index is 12.1. The van der Waals surface area contributed by atoms with Gasteiger partial charge in [0.15, 0.2) is 11.5 Å². The van der Waals surface area contributed by atoms with Crippen molar-refractivity contribution >= 4 is 17.5 Å². The van der Waals surface area contributed by atoms with Crippen LogP contribution in [-0.2, 0) is 0 Å². The molecule has 0 spiro atoms. The molecule has 0 saturated carbocycles. The molecule has 0 aromatic heterocycles. The van der Waals surface area contributed by atoms with Gasteiger partial charge in [0.2, 0.25) is 5.75 Å². The number of nitro groups is 1. The van der Waals surface area contributed by atoms with Crippen LogP contribution in [0.3, 0.4) is 0 Å². The van der Waals surface area contributed by atoms with E-state index in [1.54, 1.807) is 24.3 Å². The zero-order valence-corrected chi connectivity index (χ0v) is 13.1. The molecule has 2 aromatic rings.